The predicted molar refractivity (Wildman–Crippen MR) is 73.3 cm³/mol. The van der Waals surface area contributed by atoms with Crippen LogP contribution in [0.15, 0.2) is 14.7 Å². The van der Waals surface area contributed by atoms with Gasteiger partial charge in [-0.3, -0.25) is 0 Å². The molecule has 0 bridgehead atoms. The molecule has 0 aliphatic heterocycles. The number of hydrogen-bond donors (Lipinski definition) is 2. The molecule has 4 nitrogen and oxygen atoms in total. The lowest BCUT2D eigenvalue weighted by atomic mass is 10.4. The Bertz CT molecular complexity index is 495. The van der Waals surface area contributed by atoms with E-state index in [0.29, 0.717) is 16.3 Å². The second kappa shape index (κ2) is 5.54. The fourth-order valence-corrected chi connectivity index (χ4v) is 4.63. The van der Waals surface area contributed by atoms with Crippen LogP contribution in [0, 0.1) is 6.92 Å². The summed E-state index contributed by atoms with van der Waals surface area (Å²) in [6, 6.07) is 1.59. The summed E-state index contributed by atoms with van der Waals surface area (Å²) in [5.74, 6) is 0. The first-order chi connectivity index (χ1) is 7.33. The molecule has 0 radical (unpaired) electrons. The second-order valence-electron chi connectivity index (χ2n) is 3.09. The maximum absolute atomic E-state index is 11.8. The topological polar surface area (TPSA) is 72.2 Å². The minimum Gasteiger partial charge on any atom is -0.393 e. The van der Waals surface area contributed by atoms with Crippen molar-refractivity contribution < 1.29 is 8.42 Å². The number of rotatable bonds is 5. The summed E-state index contributed by atoms with van der Waals surface area (Å²) in [7, 11) is -3.45. The van der Waals surface area contributed by atoms with Crippen molar-refractivity contribution in [3.63, 3.8) is 0 Å². The highest BCUT2D eigenvalue weighted by Gasteiger charge is 2.18. The van der Waals surface area contributed by atoms with E-state index in [1.807, 2.05) is 0 Å². The molecule has 0 fully saturated rings. The van der Waals surface area contributed by atoms with Gasteiger partial charge in [0.1, 0.15) is 0 Å². The Hall–Kier alpha value is -0.0200. The predicted octanol–water partition coefficient (Wildman–Crippen LogP) is 1.77. The summed E-state index contributed by atoms with van der Waals surface area (Å²) in [5, 5.41) is 0. The first-order valence-corrected chi connectivity index (χ1v) is 7.87. The molecular weight excluding hydrogens is 332 g/mol. The molecule has 1 heterocycles. The summed E-state index contributed by atoms with van der Waals surface area (Å²) in [5.41, 5.74) is 5.29. The van der Waals surface area contributed by atoms with Gasteiger partial charge in [-0.05, 0) is 28.9 Å². The minimum absolute atomic E-state index is 0.227. The van der Waals surface area contributed by atoms with E-state index in [0.717, 1.165) is 8.66 Å². The van der Waals surface area contributed by atoms with Gasteiger partial charge < -0.3 is 5.73 Å². The molecule has 0 spiro atoms. The van der Waals surface area contributed by atoms with Crippen LogP contribution >= 0.6 is 39.5 Å². The van der Waals surface area contributed by atoms with Crippen LogP contribution in [-0.4, -0.2) is 20.0 Å². The van der Waals surface area contributed by atoms with Gasteiger partial charge in [0.15, 0.2) is 0 Å². The highest BCUT2D eigenvalue weighted by atomic mass is 79.9. The highest BCUT2D eigenvalue weighted by Crippen LogP contribution is 2.29. The number of halogens is 1. The number of thiophene rings is 1. The number of hydrogen-bond acceptors (Lipinski definition) is 4. The third-order valence-electron chi connectivity index (χ3n) is 1.80. The molecule has 0 unspecified atom stereocenters. The highest BCUT2D eigenvalue weighted by molar-refractivity contribution is 9.11. The Kier molecular flexibility index (Phi) is 4.87. The SMILES string of the molecule is Cc1sc(Br)cc1S(=O)(=O)NCCC(N)=S. The molecule has 16 heavy (non-hydrogen) atoms. The molecule has 3 N–H and O–H groups in total. The van der Waals surface area contributed by atoms with E-state index in [9.17, 15) is 8.42 Å². The fraction of sp³-hybridized carbons (Fsp3) is 0.375. The van der Waals surface area contributed by atoms with Crippen molar-refractivity contribution in [1.82, 2.24) is 4.72 Å². The van der Waals surface area contributed by atoms with Crippen molar-refractivity contribution in [2.75, 3.05) is 6.54 Å². The van der Waals surface area contributed by atoms with E-state index in [4.69, 9.17) is 5.73 Å². The first-order valence-electron chi connectivity index (χ1n) is 4.37. The summed E-state index contributed by atoms with van der Waals surface area (Å²) in [6.07, 6.45) is 0.360. The van der Waals surface area contributed by atoms with Crippen molar-refractivity contribution in [2.45, 2.75) is 18.2 Å². The van der Waals surface area contributed by atoms with Gasteiger partial charge in [0.05, 0.1) is 13.7 Å². The van der Waals surface area contributed by atoms with Crippen LogP contribution in [0.4, 0.5) is 0 Å². The molecule has 1 aromatic rings. The van der Waals surface area contributed by atoms with Crippen LogP contribution < -0.4 is 10.5 Å². The molecule has 0 saturated heterocycles. The van der Waals surface area contributed by atoms with Crippen molar-refractivity contribution in [1.29, 1.82) is 0 Å². The second-order valence-corrected chi connectivity index (χ2v) is 7.98. The van der Waals surface area contributed by atoms with Crippen LogP contribution in [0.5, 0.6) is 0 Å². The van der Waals surface area contributed by atoms with Gasteiger partial charge in [0.2, 0.25) is 10.0 Å². The third-order valence-corrected chi connectivity index (χ3v) is 5.27. The van der Waals surface area contributed by atoms with Crippen LogP contribution in [0.3, 0.4) is 0 Å². The Labute approximate surface area is 112 Å². The maximum Gasteiger partial charge on any atom is 0.241 e. The molecule has 1 rings (SSSR count). The van der Waals surface area contributed by atoms with Crippen molar-refractivity contribution >= 4 is 54.5 Å². The molecule has 90 valence electrons. The van der Waals surface area contributed by atoms with E-state index in [-0.39, 0.29) is 6.54 Å². The number of aryl methyl sites for hydroxylation is 1. The monoisotopic (exact) mass is 342 g/mol. The van der Waals surface area contributed by atoms with Crippen LogP contribution in [0.1, 0.15) is 11.3 Å². The van der Waals surface area contributed by atoms with Crippen LogP contribution in [0.2, 0.25) is 0 Å². The molecular formula is C8H11BrN2O2S3. The van der Waals surface area contributed by atoms with Gasteiger partial charge in [0.25, 0.3) is 0 Å². The summed E-state index contributed by atoms with van der Waals surface area (Å²) < 4.78 is 26.9. The maximum atomic E-state index is 11.8. The zero-order valence-corrected chi connectivity index (χ0v) is 12.5. The number of sulfonamides is 1. The Balaban J connectivity index is 2.78. The van der Waals surface area contributed by atoms with Gasteiger partial charge in [-0.1, -0.05) is 12.2 Å². The van der Waals surface area contributed by atoms with Crippen molar-refractivity contribution in [3.8, 4) is 0 Å². The van der Waals surface area contributed by atoms with E-state index in [1.165, 1.54) is 11.3 Å². The quantitative estimate of drug-likeness (QED) is 0.800. The number of thiocarbonyl (C=S) groups is 1. The minimum atomic E-state index is -3.45. The number of nitrogens with two attached hydrogens (primary N) is 1. The molecule has 0 saturated carbocycles. The molecule has 8 heteroatoms. The Morgan fingerprint density at radius 1 is 1.69 bits per heavy atom. The molecule has 0 aliphatic carbocycles. The average Bonchev–Trinajstić information content (AvgIpc) is 2.44. The van der Waals surface area contributed by atoms with E-state index < -0.39 is 10.0 Å². The molecule has 1 aromatic heterocycles. The van der Waals surface area contributed by atoms with Crippen molar-refractivity contribution in [3.05, 3.63) is 14.7 Å². The summed E-state index contributed by atoms with van der Waals surface area (Å²) >= 11 is 9.30. The lowest BCUT2D eigenvalue weighted by molar-refractivity contribution is 0.582. The first kappa shape index (κ1) is 14.0. The Morgan fingerprint density at radius 3 is 2.75 bits per heavy atom. The van der Waals surface area contributed by atoms with E-state index >= 15 is 0 Å². The normalized spacial score (nSPS) is 11.6. The summed E-state index contributed by atoms with van der Waals surface area (Å²) in [6.45, 7) is 1.99. The lowest BCUT2D eigenvalue weighted by Gasteiger charge is -2.05. The van der Waals surface area contributed by atoms with E-state index in [1.54, 1.807) is 13.0 Å². The van der Waals surface area contributed by atoms with Gasteiger partial charge in [-0.25, -0.2) is 13.1 Å². The zero-order chi connectivity index (χ0) is 12.3. The standard InChI is InChI=1S/C8H11BrN2O2S3/c1-5-6(4-7(9)15-5)16(12,13)11-3-2-8(10)14/h4,11H,2-3H2,1H3,(H2,10,14). The van der Waals surface area contributed by atoms with Crippen LogP contribution in [0.25, 0.3) is 0 Å². The van der Waals surface area contributed by atoms with E-state index in [2.05, 4.69) is 32.9 Å². The molecule has 0 amide bonds. The van der Waals surface area contributed by atoms with Gasteiger partial charge in [-0.15, -0.1) is 11.3 Å². The smallest absolute Gasteiger partial charge is 0.241 e. The van der Waals surface area contributed by atoms with Gasteiger partial charge in [0, 0.05) is 17.8 Å². The molecule has 0 atom stereocenters. The largest absolute Gasteiger partial charge is 0.393 e. The van der Waals surface area contributed by atoms with Crippen molar-refractivity contribution in [2.24, 2.45) is 5.73 Å². The zero-order valence-electron chi connectivity index (χ0n) is 8.49. The summed E-state index contributed by atoms with van der Waals surface area (Å²) in [4.78, 5) is 1.34. The van der Waals surface area contributed by atoms with Crippen LogP contribution in [-0.2, 0) is 10.0 Å². The molecule has 0 aliphatic rings. The van der Waals surface area contributed by atoms with Gasteiger partial charge >= 0.3 is 0 Å². The number of nitrogens with one attached hydrogen (secondary N) is 1. The Morgan fingerprint density at radius 2 is 2.31 bits per heavy atom. The lowest BCUT2D eigenvalue weighted by Crippen LogP contribution is -2.27. The average molecular weight is 343 g/mol. The third kappa shape index (κ3) is 3.77. The van der Waals surface area contributed by atoms with Gasteiger partial charge in [-0.2, -0.15) is 0 Å². The fourth-order valence-electron chi connectivity index (χ4n) is 1.08. The molecule has 0 aromatic carbocycles.